The van der Waals surface area contributed by atoms with Crippen molar-refractivity contribution < 1.29 is 4.79 Å². The van der Waals surface area contributed by atoms with Crippen molar-refractivity contribution in [1.82, 2.24) is 0 Å². The summed E-state index contributed by atoms with van der Waals surface area (Å²) in [4.78, 5) is 18.4. The Morgan fingerprint density at radius 2 is 1.90 bits per heavy atom. The van der Waals surface area contributed by atoms with E-state index in [1.165, 1.54) is 29.2 Å². The third kappa shape index (κ3) is 3.46. The van der Waals surface area contributed by atoms with Crippen LogP contribution in [-0.2, 0) is 4.79 Å². The maximum atomic E-state index is 11.8. The van der Waals surface area contributed by atoms with E-state index >= 15 is 0 Å². The number of thioether (sulfide) groups is 2. The van der Waals surface area contributed by atoms with Crippen LogP contribution in [0, 0.1) is 0 Å². The molecule has 1 heterocycles. The van der Waals surface area contributed by atoms with Crippen molar-refractivity contribution in [2.75, 3.05) is 24.2 Å². The minimum atomic E-state index is 0.0298. The molecule has 1 aromatic carbocycles. The predicted molar refractivity (Wildman–Crippen MR) is 91.5 cm³/mol. The third-order valence-electron chi connectivity index (χ3n) is 3.10. The van der Waals surface area contributed by atoms with Gasteiger partial charge >= 0.3 is 0 Å². The molecule has 106 valence electrons. The average molecular weight is 306 g/mol. The summed E-state index contributed by atoms with van der Waals surface area (Å²) in [6, 6.07) is 8.24. The fourth-order valence-electron chi connectivity index (χ4n) is 2.00. The van der Waals surface area contributed by atoms with E-state index in [0.717, 1.165) is 23.0 Å². The Balaban J connectivity index is 2.19. The van der Waals surface area contributed by atoms with E-state index < -0.39 is 0 Å². The number of hydrogen-bond donors (Lipinski definition) is 0. The summed E-state index contributed by atoms with van der Waals surface area (Å²) in [6.07, 6.45) is 3.78. The third-order valence-corrected chi connectivity index (χ3v) is 4.95. The van der Waals surface area contributed by atoms with Crippen LogP contribution < -0.4 is 4.90 Å². The summed E-state index contributed by atoms with van der Waals surface area (Å²) in [5, 5.41) is 0.0298. The molecule has 1 aliphatic rings. The van der Waals surface area contributed by atoms with E-state index in [-0.39, 0.29) is 5.12 Å². The topological polar surface area (TPSA) is 32.7 Å². The summed E-state index contributed by atoms with van der Waals surface area (Å²) >= 11 is 2.71. The Labute approximate surface area is 128 Å². The monoisotopic (exact) mass is 306 g/mol. The van der Waals surface area contributed by atoms with Gasteiger partial charge < -0.3 is 4.90 Å². The number of benzene rings is 1. The zero-order valence-corrected chi connectivity index (χ0v) is 13.6. The molecule has 5 heteroatoms. The minimum Gasteiger partial charge on any atom is -0.372 e. The Morgan fingerprint density at radius 1 is 1.25 bits per heavy atom. The SMILES string of the molecule is CCN(CC)c1ccc(/C=C2\N=C(SC)SC2=O)cc1. The highest BCUT2D eigenvalue weighted by Crippen LogP contribution is 2.30. The molecule has 0 amide bonds. The molecule has 0 saturated carbocycles. The molecule has 0 N–H and O–H groups in total. The summed E-state index contributed by atoms with van der Waals surface area (Å²) in [5.41, 5.74) is 2.75. The Kier molecular flexibility index (Phi) is 5.31. The van der Waals surface area contributed by atoms with Gasteiger partial charge in [-0.3, -0.25) is 4.79 Å². The van der Waals surface area contributed by atoms with Gasteiger partial charge in [-0.1, -0.05) is 12.1 Å². The molecule has 1 aromatic rings. The molecule has 1 aliphatic heterocycles. The van der Waals surface area contributed by atoms with Crippen LogP contribution in [0.4, 0.5) is 5.69 Å². The van der Waals surface area contributed by atoms with Crippen LogP contribution in [0.2, 0.25) is 0 Å². The van der Waals surface area contributed by atoms with Crippen LogP contribution in [0.15, 0.2) is 35.0 Å². The lowest BCUT2D eigenvalue weighted by Crippen LogP contribution is -2.21. The van der Waals surface area contributed by atoms with Crippen molar-refractivity contribution in [1.29, 1.82) is 0 Å². The molecule has 0 saturated heterocycles. The predicted octanol–water partition coefficient (Wildman–Crippen LogP) is 3.87. The minimum absolute atomic E-state index is 0.0298. The van der Waals surface area contributed by atoms with Gasteiger partial charge in [-0.05, 0) is 55.6 Å². The van der Waals surface area contributed by atoms with Crippen LogP contribution in [0.5, 0.6) is 0 Å². The zero-order chi connectivity index (χ0) is 14.5. The maximum absolute atomic E-state index is 11.8. The molecule has 0 aromatic heterocycles. The number of hydrogen-bond acceptors (Lipinski definition) is 5. The van der Waals surface area contributed by atoms with Gasteiger partial charge in [-0.15, -0.1) is 11.8 Å². The van der Waals surface area contributed by atoms with Crippen LogP contribution >= 0.6 is 23.5 Å². The molecule has 0 radical (unpaired) electrons. The Morgan fingerprint density at radius 3 is 2.40 bits per heavy atom. The van der Waals surface area contributed by atoms with Crippen molar-refractivity contribution in [3.63, 3.8) is 0 Å². The van der Waals surface area contributed by atoms with Gasteiger partial charge in [0.15, 0.2) is 0 Å². The molecule has 0 aliphatic carbocycles. The fourth-order valence-corrected chi connectivity index (χ4v) is 3.27. The van der Waals surface area contributed by atoms with Gasteiger partial charge in [-0.2, -0.15) is 0 Å². The molecule has 0 bridgehead atoms. The summed E-state index contributed by atoms with van der Waals surface area (Å²) in [6.45, 7) is 6.28. The van der Waals surface area contributed by atoms with Gasteiger partial charge in [-0.25, -0.2) is 4.99 Å². The molecular weight excluding hydrogens is 288 g/mol. The quantitative estimate of drug-likeness (QED) is 0.791. The molecule has 3 nitrogen and oxygen atoms in total. The number of carbonyl (C=O) groups is 1. The highest BCUT2D eigenvalue weighted by atomic mass is 32.2. The summed E-state index contributed by atoms with van der Waals surface area (Å²) in [5.74, 6) is 0. The normalized spacial score (nSPS) is 16.6. The lowest BCUT2D eigenvalue weighted by atomic mass is 10.1. The van der Waals surface area contributed by atoms with E-state index in [1.807, 2.05) is 24.5 Å². The molecule has 0 spiro atoms. The van der Waals surface area contributed by atoms with Gasteiger partial charge in [0, 0.05) is 18.8 Å². The van der Waals surface area contributed by atoms with E-state index in [0.29, 0.717) is 5.70 Å². The second-order valence-corrected chi connectivity index (χ2v) is 6.28. The maximum Gasteiger partial charge on any atom is 0.244 e. The summed E-state index contributed by atoms with van der Waals surface area (Å²) in [7, 11) is 0. The Hall–Kier alpha value is -1.20. The second-order valence-electron chi connectivity index (χ2n) is 4.26. The fraction of sp³-hybridized carbons (Fsp3) is 0.333. The van der Waals surface area contributed by atoms with E-state index in [2.05, 4.69) is 35.9 Å². The molecular formula is C15H18N2OS2. The van der Waals surface area contributed by atoms with E-state index in [9.17, 15) is 4.79 Å². The van der Waals surface area contributed by atoms with Crippen molar-refractivity contribution in [3.05, 3.63) is 35.5 Å². The molecule has 20 heavy (non-hydrogen) atoms. The van der Waals surface area contributed by atoms with Crippen molar-refractivity contribution >= 4 is 44.8 Å². The lowest BCUT2D eigenvalue weighted by molar-refractivity contribution is -0.107. The second kappa shape index (κ2) is 6.99. The first-order valence-electron chi connectivity index (χ1n) is 6.59. The van der Waals surface area contributed by atoms with Crippen molar-refractivity contribution in [2.24, 2.45) is 4.99 Å². The molecule has 0 atom stereocenters. The number of anilines is 1. The molecule has 0 unspecified atom stereocenters. The van der Waals surface area contributed by atoms with Gasteiger partial charge in [0.2, 0.25) is 5.12 Å². The number of carbonyl (C=O) groups excluding carboxylic acids is 1. The van der Waals surface area contributed by atoms with Crippen LogP contribution in [0.1, 0.15) is 19.4 Å². The standard InChI is InChI=1S/C15H18N2OS2/c1-4-17(5-2)12-8-6-11(7-9-12)10-13-14(18)20-15(16-13)19-3/h6-10H,4-5H2,1-3H3/b13-10-. The Bertz CT molecular complexity index is 545. The smallest absolute Gasteiger partial charge is 0.244 e. The van der Waals surface area contributed by atoms with Crippen LogP contribution in [0.25, 0.3) is 6.08 Å². The zero-order valence-electron chi connectivity index (χ0n) is 11.9. The number of nitrogens with zero attached hydrogens (tertiary/aromatic N) is 2. The van der Waals surface area contributed by atoms with E-state index in [1.54, 1.807) is 0 Å². The highest BCUT2D eigenvalue weighted by molar-refractivity contribution is 8.45. The van der Waals surface area contributed by atoms with Crippen LogP contribution in [-0.4, -0.2) is 28.8 Å². The van der Waals surface area contributed by atoms with Crippen LogP contribution in [0.3, 0.4) is 0 Å². The number of rotatable bonds is 4. The van der Waals surface area contributed by atoms with Gasteiger partial charge in [0.25, 0.3) is 0 Å². The first kappa shape index (κ1) is 15.2. The highest BCUT2D eigenvalue weighted by Gasteiger charge is 2.21. The lowest BCUT2D eigenvalue weighted by Gasteiger charge is -2.20. The van der Waals surface area contributed by atoms with Gasteiger partial charge in [0.05, 0.1) is 0 Å². The molecule has 2 rings (SSSR count). The van der Waals surface area contributed by atoms with Crippen molar-refractivity contribution in [3.8, 4) is 0 Å². The van der Waals surface area contributed by atoms with Crippen molar-refractivity contribution in [2.45, 2.75) is 13.8 Å². The number of aliphatic imine (C=N–C) groups is 1. The van der Waals surface area contributed by atoms with Gasteiger partial charge in [0.1, 0.15) is 10.1 Å². The first-order valence-corrected chi connectivity index (χ1v) is 8.63. The summed E-state index contributed by atoms with van der Waals surface area (Å²) < 4.78 is 0.820. The average Bonchev–Trinajstić information content (AvgIpc) is 2.82. The first-order chi connectivity index (χ1) is 9.67. The van der Waals surface area contributed by atoms with E-state index in [4.69, 9.17) is 0 Å². The molecule has 0 fully saturated rings. The largest absolute Gasteiger partial charge is 0.372 e.